The topological polar surface area (TPSA) is 285 Å². The minimum absolute atomic E-state index is 0.00736. The van der Waals surface area contributed by atoms with Crippen molar-refractivity contribution in [3.05, 3.63) is 0 Å². The number of urea groups is 2. The number of hydrogen-bond donors (Lipinski definition) is 6. The maximum Gasteiger partial charge on any atom is 0.407 e. The number of rotatable bonds is 32. The lowest BCUT2D eigenvalue weighted by molar-refractivity contribution is -0.145. The first-order valence-corrected chi connectivity index (χ1v) is 28.6. The Morgan fingerprint density at radius 3 is 1.44 bits per heavy atom. The molecule has 0 aliphatic carbocycles. The summed E-state index contributed by atoms with van der Waals surface area (Å²) in [5, 5.41) is 15.4. The van der Waals surface area contributed by atoms with Crippen LogP contribution in [-0.2, 0) is 43.1 Å². The van der Waals surface area contributed by atoms with E-state index in [1.165, 1.54) is 56.9 Å². The lowest BCUT2D eigenvalue weighted by Gasteiger charge is -2.35. The number of nitrogens with one attached hydrogen (secondary N) is 6. The molecule has 0 aromatic carbocycles. The van der Waals surface area contributed by atoms with Crippen LogP contribution in [0.25, 0.3) is 0 Å². The fraction of sp³-hybridized carbons (Fsp3) is 0.807. The SMILES string of the molecule is CNC(=O)[C@H](CC(C)C)N(C)C(=O)NC(=O)[C@@H](C)NC(=O)[C@H](CC(C)C)N(C)C(=O)[C@@H](NC(=O)[C@H](CC(C)C)N(C)C(=O)CN(C)C(=O)NC(=O)C(C[C@H](C)CCCCCCNC(=O)OC(C)(C)C)N(C)C(=O)CC(C)C)C(C)C. The van der Waals surface area contributed by atoms with Crippen LogP contribution in [0.5, 0.6) is 0 Å². The Labute approximate surface area is 478 Å². The van der Waals surface area contributed by atoms with Crippen LogP contribution < -0.4 is 31.9 Å². The lowest BCUT2D eigenvalue weighted by atomic mass is 9.94. The molecule has 0 rings (SSSR count). The molecular formula is C57H105N11O12. The van der Waals surface area contributed by atoms with Gasteiger partial charge in [-0.3, -0.25) is 49.0 Å². The van der Waals surface area contributed by atoms with Crippen LogP contribution in [-0.4, -0.2) is 187 Å². The number of carbonyl (C=O) groups is 11. The molecule has 0 saturated carbocycles. The Morgan fingerprint density at radius 2 is 0.950 bits per heavy atom. The summed E-state index contributed by atoms with van der Waals surface area (Å²) in [6.07, 6.45) is 4.80. The number of ether oxygens (including phenoxy) is 1. The van der Waals surface area contributed by atoms with Crippen molar-refractivity contribution in [2.24, 2.45) is 35.5 Å². The number of nitrogens with zero attached hydrogens (tertiary/aromatic N) is 5. The second-order valence-corrected chi connectivity index (χ2v) is 24.6. The second-order valence-electron chi connectivity index (χ2n) is 24.6. The third-order valence-corrected chi connectivity index (χ3v) is 13.5. The number of carbonyl (C=O) groups excluding carboxylic acids is 11. The van der Waals surface area contributed by atoms with Gasteiger partial charge < -0.3 is 50.5 Å². The maximum atomic E-state index is 14.4. The Hall–Kier alpha value is -6.03. The highest BCUT2D eigenvalue weighted by molar-refractivity contribution is 6.01. The van der Waals surface area contributed by atoms with Crippen molar-refractivity contribution in [1.82, 2.24) is 56.4 Å². The van der Waals surface area contributed by atoms with Gasteiger partial charge in [-0.25, -0.2) is 14.4 Å². The monoisotopic (exact) mass is 1140 g/mol. The molecule has 6 N–H and O–H groups in total. The minimum atomic E-state index is -1.24. The van der Waals surface area contributed by atoms with Gasteiger partial charge in [-0.15, -0.1) is 0 Å². The van der Waals surface area contributed by atoms with Gasteiger partial charge in [0, 0.05) is 55.3 Å². The fourth-order valence-corrected chi connectivity index (χ4v) is 8.71. The van der Waals surface area contributed by atoms with Gasteiger partial charge >= 0.3 is 18.2 Å². The Bertz CT molecular complexity index is 2060. The average molecular weight is 1140 g/mol. The Balaban J connectivity index is 6.15. The molecule has 0 spiro atoms. The first-order chi connectivity index (χ1) is 36.9. The predicted octanol–water partition coefficient (Wildman–Crippen LogP) is 5.25. The summed E-state index contributed by atoms with van der Waals surface area (Å²) in [5.41, 5.74) is -0.580. The third kappa shape index (κ3) is 27.4. The van der Waals surface area contributed by atoms with E-state index in [0.717, 1.165) is 41.9 Å². The molecule has 23 heteroatoms. The van der Waals surface area contributed by atoms with Crippen molar-refractivity contribution >= 4 is 65.4 Å². The summed E-state index contributed by atoms with van der Waals surface area (Å²) in [4.78, 5) is 154. The molecule has 13 amide bonds. The number of likely N-dealkylation sites (N-methyl/N-ethyl adjacent to an activating group) is 6. The molecule has 0 fully saturated rings. The van der Waals surface area contributed by atoms with E-state index in [2.05, 4.69) is 31.9 Å². The van der Waals surface area contributed by atoms with Gasteiger partial charge in [0.05, 0.1) is 0 Å². The van der Waals surface area contributed by atoms with Crippen LogP contribution in [0.4, 0.5) is 14.4 Å². The average Bonchev–Trinajstić information content (AvgIpc) is 3.34. The van der Waals surface area contributed by atoms with Crippen molar-refractivity contribution in [1.29, 1.82) is 0 Å². The zero-order chi connectivity index (χ0) is 62.1. The first kappa shape index (κ1) is 74.0. The number of hydrogen-bond acceptors (Lipinski definition) is 12. The number of alkyl carbamates (subject to hydrolysis) is 1. The highest BCUT2D eigenvalue weighted by Gasteiger charge is 2.39. The van der Waals surface area contributed by atoms with Crippen LogP contribution in [0.15, 0.2) is 0 Å². The van der Waals surface area contributed by atoms with E-state index in [4.69, 9.17) is 4.74 Å². The molecule has 0 heterocycles. The molecule has 7 atom stereocenters. The van der Waals surface area contributed by atoms with E-state index in [1.807, 2.05) is 62.3 Å². The summed E-state index contributed by atoms with van der Waals surface area (Å²) in [7, 11) is 8.55. The standard InChI is InChI=1S/C57H105N11O12/c1-34(2)28-41(49(72)58-16)68(21)55(78)62-48(71)40(12)60-50(73)43(30-36(5)6)67(20)53(76)47(38(9)10)61-51(74)42(29-35(3)4)66(19)46(70)33-64(17)54(77)63-52(75)44(65(18)45(69)31-37(7)8)32-39(11)26-24-22-23-25-27-59-56(79)80-57(13,14)15/h34-44,47H,22-33H2,1-21H3,(H,58,72)(H,59,79)(H,60,73)(H,61,74)(H,62,71,78)(H,63,75,77)/t39-,40-,41+,42+,43+,44?,47+/m1/s1. The fourth-order valence-electron chi connectivity index (χ4n) is 8.71. The smallest absolute Gasteiger partial charge is 0.407 e. The highest BCUT2D eigenvalue weighted by atomic mass is 16.6. The van der Waals surface area contributed by atoms with Crippen LogP contribution in [0.1, 0.15) is 168 Å². The summed E-state index contributed by atoms with van der Waals surface area (Å²) in [6, 6.07) is -8.22. The van der Waals surface area contributed by atoms with E-state index >= 15 is 0 Å². The van der Waals surface area contributed by atoms with Crippen LogP contribution >= 0.6 is 0 Å². The lowest BCUT2D eigenvalue weighted by Crippen LogP contribution is -2.60. The summed E-state index contributed by atoms with van der Waals surface area (Å²) >= 11 is 0. The van der Waals surface area contributed by atoms with Crippen LogP contribution in [0, 0.1) is 35.5 Å². The van der Waals surface area contributed by atoms with E-state index in [0.29, 0.717) is 13.0 Å². The zero-order valence-electron chi connectivity index (χ0n) is 52.5. The largest absolute Gasteiger partial charge is 0.444 e. The molecule has 0 bridgehead atoms. The third-order valence-electron chi connectivity index (χ3n) is 13.5. The van der Waals surface area contributed by atoms with Crippen LogP contribution in [0.3, 0.4) is 0 Å². The quantitative estimate of drug-likeness (QED) is 0.0471. The second kappa shape index (κ2) is 35.6. The molecule has 1 unspecified atom stereocenters. The highest BCUT2D eigenvalue weighted by Crippen LogP contribution is 2.21. The Kier molecular flexibility index (Phi) is 33.0. The molecule has 0 aromatic heterocycles. The van der Waals surface area contributed by atoms with Gasteiger partial charge in [0.25, 0.3) is 5.91 Å². The number of unbranched alkanes of at least 4 members (excludes halogenated alkanes) is 3. The molecule has 0 aliphatic rings. The van der Waals surface area contributed by atoms with Crippen molar-refractivity contribution in [3.8, 4) is 0 Å². The van der Waals surface area contributed by atoms with Gasteiger partial charge in [0.1, 0.15) is 48.4 Å². The maximum absolute atomic E-state index is 14.4. The van der Waals surface area contributed by atoms with E-state index in [1.54, 1.807) is 41.7 Å². The molecule has 23 nitrogen and oxygen atoms in total. The van der Waals surface area contributed by atoms with Crippen molar-refractivity contribution in [2.75, 3.05) is 55.4 Å². The number of imide groups is 2. The van der Waals surface area contributed by atoms with E-state index in [9.17, 15) is 52.7 Å². The van der Waals surface area contributed by atoms with Gasteiger partial charge in [0.15, 0.2) is 0 Å². The molecule has 0 aromatic rings. The molecular weight excluding hydrogens is 1030 g/mol. The summed E-state index contributed by atoms with van der Waals surface area (Å²) < 4.78 is 5.28. The van der Waals surface area contributed by atoms with Gasteiger partial charge in [0.2, 0.25) is 41.4 Å². The van der Waals surface area contributed by atoms with E-state index < -0.39 is 114 Å². The number of amides is 13. The van der Waals surface area contributed by atoms with Gasteiger partial charge in [-0.05, 0) is 95.3 Å². The normalized spacial score (nSPS) is 14.2. The van der Waals surface area contributed by atoms with Gasteiger partial charge in [-0.2, -0.15) is 0 Å². The van der Waals surface area contributed by atoms with Crippen molar-refractivity contribution in [2.45, 2.75) is 210 Å². The van der Waals surface area contributed by atoms with Crippen molar-refractivity contribution < 1.29 is 57.5 Å². The minimum Gasteiger partial charge on any atom is -0.444 e. The Morgan fingerprint density at radius 1 is 0.487 bits per heavy atom. The van der Waals surface area contributed by atoms with Crippen LogP contribution in [0.2, 0.25) is 0 Å². The summed E-state index contributed by atoms with van der Waals surface area (Å²) in [5.74, 6) is -5.48. The predicted molar refractivity (Wildman–Crippen MR) is 308 cm³/mol. The van der Waals surface area contributed by atoms with Crippen molar-refractivity contribution in [3.63, 3.8) is 0 Å². The molecule has 0 radical (unpaired) electrons. The molecule has 0 aliphatic heterocycles. The zero-order valence-corrected chi connectivity index (χ0v) is 52.5. The van der Waals surface area contributed by atoms with Gasteiger partial charge in [-0.1, -0.05) is 102 Å². The molecule has 80 heavy (non-hydrogen) atoms. The van der Waals surface area contributed by atoms with E-state index in [-0.39, 0.29) is 61.2 Å². The summed E-state index contributed by atoms with van der Waals surface area (Å²) in [6.45, 7) is 27.1. The first-order valence-electron chi connectivity index (χ1n) is 28.6. The molecule has 0 saturated heterocycles. The molecule has 460 valence electrons.